The van der Waals surface area contributed by atoms with Crippen LogP contribution in [0.2, 0.25) is 0 Å². The number of hydrogen-bond acceptors (Lipinski definition) is 3. The second-order valence-electron chi connectivity index (χ2n) is 5.46. The Bertz CT molecular complexity index is 658. The van der Waals surface area contributed by atoms with Gasteiger partial charge in [-0.05, 0) is 61.7 Å². The molecule has 1 unspecified atom stereocenters. The van der Waals surface area contributed by atoms with Crippen molar-refractivity contribution in [3.63, 3.8) is 0 Å². The van der Waals surface area contributed by atoms with Crippen molar-refractivity contribution in [2.24, 2.45) is 0 Å². The largest absolute Gasteiger partial charge is 0.497 e. The number of rotatable bonds is 8. The van der Waals surface area contributed by atoms with E-state index >= 15 is 0 Å². The maximum Gasteiger partial charge on any atom is 0.260 e. The monoisotopic (exact) mass is 391 g/mol. The Kier molecular flexibility index (Phi) is 7.12. The molecule has 2 aromatic carbocycles. The topological polar surface area (TPSA) is 47.6 Å². The Labute approximate surface area is 151 Å². The highest BCUT2D eigenvalue weighted by molar-refractivity contribution is 9.10. The van der Waals surface area contributed by atoms with Crippen LogP contribution in [0.25, 0.3) is 0 Å². The van der Waals surface area contributed by atoms with Crippen molar-refractivity contribution < 1.29 is 14.3 Å². The minimum absolute atomic E-state index is 0.108. The lowest BCUT2D eigenvalue weighted by Gasteiger charge is -2.14. The molecule has 5 heteroatoms. The van der Waals surface area contributed by atoms with E-state index in [1.54, 1.807) is 14.0 Å². The highest BCUT2D eigenvalue weighted by Gasteiger charge is 2.13. The molecule has 128 valence electrons. The van der Waals surface area contributed by atoms with Gasteiger partial charge < -0.3 is 14.8 Å². The lowest BCUT2D eigenvalue weighted by atomic mass is 10.1. The fourth-order valence-corrected chi connectivity index (χ4v) is 2.51. The molecule has 0 aliphatic heterocycles. The minimum atomic E-state index is -0.525. The van der Waals surface area contributed by atoms with E-state index in [4.69, 9.17) is 9.47 Å². The molecule has 4 nitrogen and oxygen atoms in total. The second kappa shape index (κ2) is 9.33. The zero-order chi connectivity index (χ0) is 17.4. The first-order valence-corrected chi connectivity index (χ1v) is 8.70. The van der Waals surface area contributed by atoms with E-state index < -0.39 is 6.10 Å². The Balaban J connectivity index is 1.71. The summed E-state index contributed by atoms with van der Waals surface area (Å²) in [4.78, 5) is 12.1. The van der Waals surface area contributed by atoms with Crippen molar-refractivity contribution in [1.29, 1.82) is 0 Å². The van der Waals surface area contributed by atoms with Gasteiger partial charge in [-0.3, -0.25) is 4.79 Å². The first-order chi connectivity index (χ1) is 11.6. The van der Waals surface area contributed by atoms with Crippen LogP contribution in [0.5, 0.6) is 11.5 Å². The average molecular weight is 392 g/mol. The molecular weight excluding hydrogens is 370 g/mol. The summed E-state index contributed by atoms with van der Waals surface area (Å²) in [5.74, 6) is 1.42. The molecule has 0 spiro atoms. The number of carbonyl (C=O) groups is 1. The zero-order valence-corrected chi connectivity index (χ0v) is 15.5. The van der Waals surface area contributed by atoms with E-state index in [2.05, 4.69) is 27.3 Å². The number of carbonyl (C=O) groups excluding carboxylic acids is 1. The normalized spacial score (nSPS) is 11.6. The van der Waals surface area contributed by atoms with Gasteiger partial charge in [-0.15, -0.1) is 0 Å². The number of halogens is 1. The Hall–Kier alpha value is -2.01. The number of benzene rings is 2. The van der Waals surface area contributed by atoms with Gasteiger partial charge in [0.2, 0.25) is 0 Å². The molecule has 0 aliphatic carbocycles. The smallest absolute Gasteiger partial charge is 0.260 e. The minimum Gasteiger partial charge on any atom is -0.497 e. The van der Waals surface area contributed by atoms with E-state index in [-0.39, 0.29) is 5.91 Å². The third kappa shape index (κ3) is 5.89. The van der Waals surface area contributed by atoms with Crippen LogP contribution >= 0.6 is 15.9 Å². The van der Waals surface area contributed by atoms with Gasteiger partial charge in [0, 0.05) is 11.0 Å². The zero-order valence-electron chi connectivity index (χ0n) is 13.9. The first-order valence-electron chi connectivity index (χ1n) is 7.91. The van der Waals surface area contributed by atoms with Crippen molar-refractivity contribution >= 4 is 21.8 Å². The van der Waals surface area contributed by atoms with E-state index in [9.17, 15) is 4.79 Å². The van der Waals surface area contributed by atoms with E-state index in [1.165, 1.54) is 5.56 Å². The Morgan fingerprint density at radius 3 is 2.62 bits per heavy atom. The summed E-state index contributed by atoms with van der Waals surface area (Å²) in [6.45, 7) is 2.36. The van der Waals surface area contributed by atoms with Crippen LogP contribution in [-0.4, -0.2) is 25.7 Å². The standard InChI is InChI=1S/C19H22BrNO3/c1-14(24-17-10-8-16(20)9-11-17)19(22)21-12-4-6-15-5-3-7-18(13-15)23-2/h3,5,7-11,13-14H,4,6,12H2,1-2H3,(H,21,22). The molecule has 0 saturated carbocycles. The van der Waals surface area contributed by atoms with Gasteiger partial charge in [0.1, 0.15) is 11.5 Å². The molecule has 0 radical (unpaired) electrons. The number of methoxy groups -OCH3 is 1. The number of aryl methyl sites for hydroxylation is 1. The first kappa shape index (κ1) is 18.3. The van der Waals surface area contributed by atoms with Crippen molar-refractivity contribution in [1.82, 2.24) is 5.32 Å². The molecular formula is C19H22BrNO3. The Morgan fingerprint density at radius 1 is 1.17 bits per heavy atom. The van der Waals surface area contributed by atoms with Crippen molar-refractivity contribution in [2.45, 2.75) is 25.9 Å². The molecule has 0 heterocycles. The van der Waals surface area contributed by atoms with Gasteiger partial charge in [-0.2, -0.15) is 0 Å². The maximum absolute atomic E-state index is 12.1. The number of hydrogen-bond donors (Lipinski definition) is 1. The van der Waals surface area contributed by atoms with Gasteiger partial charge in [-0.1, -0.05) is 28.1 Å². The average Bonchev–Trinajstić information content (AvgIpc) is 2.60. The summed E-state index contributed by atoms with van der Waals surface area (Å²) in [6, 6.07) is 15.4. The summed E-state index contributed by atoms with van der Waals surface area (Å²) in [5.41, 5.74) is 1.20. The van der Waals surface area contributed by atoms with Crippen LogP contribution in [0.1, 0.15) is 18.9 Å². The molecule has 1 atom stereocenters. The van der Waals surface area contributed by atoms with Crippen LogP contribution in [0.15, 0.2) is 53.0 Å². The molecule has 1 N–H and O–H groups in total. The van der Waals surface area contributed by atoms with Crippen LogP contribution in [0.3, 0.4) is 0 Å². The summed E-state index contributed by atoms with van der Waals surface area (Å²) in [5, 5.41) is 2.91. The van der Waals surface area contributed by atoms with Gasteiger partial charge in [0.05, 0.1) is 7.11 Å². The highest BCUT2D eigenvalue weighted by Crippen LogP contribution is 2.17. The fourth-order valence-electron chi connectivity index (χ4n) is 2.25. The summed E-state index contributed by atoms with van der Waals surface area (Å²) in [7, 11) is 1.66. The van der Waals surface area contributed by atoms with Crippen molar-refractivity contribution in [3.05, 3.63) is 58.6 Å². The predicted octanol–water partition coefficient (Wildman–Crippen LogP) is 3.97. The number of ether oxygens (including phenoxy) is 2. The molecule has 0 saturated heterocycles. The van der Waals surface area contributed by atoms with Gasteiger partial charge >= 0.3 is 0 Å². The quantitative estimate of drug-likeness (QED) is 0.692. The SMILES string of the molecule is COc1cccc(CCCNC(=O)C(C)Oc2ccc(Br)cc2)c1. The van der Waals surface area contributed by atoms with Gasteiger partial charge in [-0.25, -0.2) is 0 Å². The summed E-state index contributed by atoms with van der Waals surface area (Å²) >= 11 is 3.37. The summed E-state index contributed by atoms with van der Waals surface area (Å²) in [6.07, 6.45) is 1.23. The molecule has 2 aromatic rings. The van der Waals surface area contributed by atoms with Gasteiger partial charge in [0.25, 0.3) is 5.91 Å². The molecule has 0 aliphatic rings. The number of nitrogens with one attached hydrogen (secondary N) is 1. The molecule has 2 rings (SSSR count). The maximum atomic E-state index is 12.1. The summed E-state index contributed by atoms with van der Waals surface area (Å²) < 4.78 is 11.8. The fraction of sp³-hybridized carbons (Fsp3) is 0.316. The van der Waals surface area contributed by atoms with Crippen molar-refractivity contribution in [3.8, 4) is 11.5 Å². The molecule has 0 bridgehead atoms. The molecule has 0 aromatic heterocycles. The van der Waals surface area contributed by atoms with Crippen molar-refractivity contribution in [2.75, 3.05) is 13.7 Å². The van der Waals surface area contributed by atoms with Crippen LogP contribution in [-0.2, 0) is 11.2 Å². The van der Waals surface area contributed by atoms with Crippen LogP contribution in [0.4, 0.5) is 0 Å². The van der Waals surface area contributed by atoms with Crippen LogP contribution < -0.4 is 14.8 Å². The lowest BCUT2D eigenvalue weighted by molar-refractivity contribution is -0.127. The second-order valence-corrected chi connectivity index (χ2v) is 6.38. The third-order valence-corrected chi connectivity index (χ3v) is 4.10. The predicted molar refractivity (Wildman–Crippen MR) is 98.6 cm³/mol. The lowest BCUT2D eigenvalue weighted by Crippen LogP contribution is -2.36. The van der Waals surface area contributed by atoms with Gasteiger partial charge in [0.15, 0.2) is 6.10 Å². The highest BCUT2D eigenvalue weighted by atomic mass is 79.9. The van der Waals surface area contributed by atoms with E-state index in [1.807, 2.05) is 42.5 Å². The molecule has 1 amide bonds. The number of amides is 1. The Morgan fingerprint density at radius 2 is 1.92 bits per heavy atom. The van der Waals surface area contributed by atoms with Crippen LogP contribution in [0, 0.1) is 0 Å². The van der Waals surface area contributed by atoms with E-state index in [0.717, 1.165) is 23.1 Å². The van der Waals surface area contributed by atoms with E-state index in [0.29, 0.717) is 12.3 Å². The molecule has 24 heavy (non-hydrogen) atoms. The third-order valence-electron chi connectivity index (χ3n) is 3.57. The molecule has 0 fully saturated rings.